The van der Waals surface area contributed by atoms with Crippen molar-refractivity contribution in [3.05, 3.63) is 12.7 Å². The molecule has 1 aliphatic heterocycles. The Bertz CT molecular complexity index is 358. The lowest BCUT2D eigenvalue weighted by Gasteiger charge is -2.36. The van der Waals surface area contributed by atoms with Gasteiger partial charge in [0, 0.05) is 5.92 Å². The first kappa shape index (κ1) is 9.44. The van der Waals surface area contributed by atoms with E-state index in [2.05, 4.69) is 27.4 Å². The fourth-order valence-electron chi connectivity index (χ4n) is 4.02. The molecule has 0 radical (unpaired) electrons. The molecule has 0 amide bonds. The van der Waals surface area contributed by atoms with Gasteiger partial charge in [0.1, 0.15) is 6.10 Å². The van der Waals surface area contributed by atoms with Crippen molar-refractivity contribution >= 4 is 5.90 Å². The topological polar surface area (TPSA) is 21.6 Å². The summed E-state index contributed by atoms with van der Waals surface area (Å²) in [6.45, 7) is 10.9. The van der Waals surface area contributed by atoms with Crippen molar-refractivity contribution in [2.24, 2.45) is 21.7 Å². The highest BCUT2D eigenvalue weighted by atomic mass is 16.5. The van der Waals surface area contributed by atoms with Gasteiger partial charge >= 0.3 is 0 Å². The van der Waals surface area contributed by atoms with Crippen LogP contribution in [0.4, 0.5) is 0 Å². The number of nitrogens with zero attached hydrogens (tertiary/aromatic N) is 1. The predicted octanol–water partition coefficient (Wildman–Crippen LogP) is 2.79. The van der Waals surface area contributed by atoms with Crippen LogP contribution in [0.1, 0.15) is 33.6 Å². The van der Waals surface area contributed by atoms with Crippen molar-refractivity contribution in [1.29, 1.82) is 0 Å². The van der Waals surface area contributed by atoms with Crippen molar-refractivity contribution in [3.8, 4) is 0 Å². The van der Waals surface area contributed by atoms with E-state index in [-0.39, 0.29) is 0 Å². The van der Waals surface area contributed by atoms with Crippen LogP contribution in [0.5, 0.6) is 0 Å². The molecule has 2 heteroatoms. The SMILES string of the molecule is C=CC1=N[C@@H]2C(O1)C1CCC2(C)C1(C)C. The first-order valence-electron chi connectivity index (χ1n) is 5.87. The largest absolute Gasteiger partial charge is 0.472 e. The van der Waals surface area contributed by atoms with Gasteiger partial charge < -0.3 is 4.74 Å². The van der Waals surface area contributed by atoms with Crippen LogP contribution < -0.4 is 0 Å². The lowest BCUT2D eigenvalue weighted by molar-refractivity contribution is 0.117. The molecule has 15 heavy (non-hydrogen) atoms. The maximum atomic E-state index is 5.90. The Morgan fingerprint density at radius 3 is 2.80 bits per heavy atom. The first-order chi connectivity index (χ1) is 7.00. The molecule has 3 aliphatic rings. The Kier molecular flexibility index (Phi) is 1.56. The number of hydrogen-bond acceptors (Lipinski definition) is 2. The number of rotatable bonds is 1. The predicted molar refractivity (Wildman–Crippen MR) is 60.9 cm³/mol. The van der Waals surface area contributed by atoms with Crippen molar-refractivity contribution in [1.82, 2.24) is 0 Å². The lowest BCUT2D eigenvalue weighted by atomic mass is 9.69. The Balaban J connectivity index is 2.06. The third kappa shape index (κ3) is 0.849. The van der Waals surface area contributed by atoms with Crippen molar-refractivity contribution < 1.29 is 4.74 Å². The van der Waals surface area contributed by atoms with Gasteiger partial charge in [-0.15, -0.1) is 0 Å². The van der Waals surface area contributed by atoms with Crippen LogP contribution in [0.25, 0.3) is 0 Å². The number of aliphatic imine (C=N–C) groups is 1. The van der Waals surface area contributed by atoms with E-state index in [0.717, 1.165) is 5.90 Å². The summed E-state index contributed by atoms with van der Waals surface area (Å²) in [5.74, 6) is 1.44. The minimum absolute atomic E-state index is 0.326. The zero-order chi connectivity index (χ0) is 10.8. The minimum Gasteiger partial charge on any atom is -0.472 e. The molecular formula is C13H19NO. The summed E-state index contributed by atoms with van der Waals surface area (Å²) in [6, 6.07) is 0.374. The van der Waals surface area contributed by atoms with Crippen molar-refractivity contribution in [2.45, 2.75) is 45.8 Å². The van der Waals surface area contributed by atoms with E-state index in [1.54, 1.807) is 6.08 Å². The fraction of sp³-hybridized carbons (Fsp3) is 0.769. The fourth-order valence-corrected chi connectivity index (χ4v) is 4.02. The second-order valence-corrected chi connectivity index (χ2v) is 5.98. The van der Waals surface area contributed by atoms with E-state index in [4.69, 9.17) is 9.73 Å². The van der Waals surface area contributed by atoms with Gasteiger partial charge in [0.15, 0.2) is 0 Å². The van der Waals surface area contributed by atoms with Gasteiger partial charge in [-0.05, 0) is 29.7 Å². The number of hydrogen-bond donors (Lipinski definition) is 0. The molecule has 2 aliphatic carbocycles. The molecule has 0 saturated heterocycles. The maximum Gasteiger partial charge on any atom is 0.208 e. The van der Waals surface area contributed by atoms with Gasteiger partial charge in [-0.25, -0.2) is 4.99 Å². The summed E-state index contributed by atoms with van der Waals surface area (Å²) < 4.78 is 5.90. The Morgan fingerprint density at radius 2 is 2.20 bits per heavy atom. The van der Waals surface area contributed by atoms with E-state index in [9.17, 15) is 0 Å². The molecular weight excluding hydrogens is 186 g/mol. The molecule has 4 atom stereocenters. The Morgan fingerprint density at radius 1 is 1.47 bits per heavy atom. The second-order valence-electron chi connectivity index (χ2n) is 5.98. The summed E-state index contributed by atoms with van der Waals surface area (Å²) in [7, 11) is 0. The standard InChI is InChI=1S/C13H19NO/c1-5-9-14-11-10(15-9)8-6-7-13(11,4)12(8,2)3/h5,8,10-11H,1,6-7H2,2-4H3/t8?,10?,11-,13?/m1/s1. The zero-order valence-corrected chi connectivity index (χ0v) is 9.79. The van der Waals surface area contributed by atoms with Crippen LogP contribution in [-0.4, -0.2) is 18.0 Å². The minimum atomic E-state index is 0.326. The third-order valence-electron chi connectivity index (χ3n) is 5.43. The molecule has 2 saturated carbocycles. The van der Waals surface area contributed by atoms with Gasteiger partial charge in [0.05, 0.1) is 6.04 Å². The molecule has 0 spiro atoms. The van der Waals surface area contributed by atoms with Crippen LogP contribution >= 0.6 is 0 Å². The van der Waals surface area contributed by atoms with E-state index >= 15 is 0 Å². The maximum absolute atomic E-state index is 5.90. The van der Waals surface area contributed by atoms with Crippen LogP contribution in [-0.2, 0) is 4.74 Å². The van der Waals surface area contributed by atoms with Crippen molar-refractivity contribution in [2.75, 3.05) is 0 Å². The molecule has 3 unspecified atom stereocenters. The summed E-state index contributed by atoms with van der Waals surface area (Å²) in [5, 5.41) is 0. The Labute approximate surface area is 91.4 Å². The highest BCUT2D eigenvalue weighted by Crippen LogP contribution is 2.67. The molecule has 1 heterocycles. The smallest absolute Gasteiger partial charge is 0.208 e. The average Bonchev–Trinajstić information content (AvgIpc) is 2.74. The molecule has 0 N–H and O–H groups in total. The first-order valence-corrected chi connectivity index (χ1v) is 5.87. The van der Waals surface area contributed by atoms with Crippen LogP contribution in [0.15, 0.2) is 17.6 Å². The molecule has 0 aromatic carbocycles. The molecule has 0 aromatic rings. The number of ether oxygens (including phenoxy) is 1. The van der Waals surface area contributed by atoms with Crippen LogP contribution in [0.3, 0.4) is 0 Å². The summed E-state index contributed by atoms with van der Waals surface area (Å²) in [4.78, 5) is 4.69. The normalized spacial score (nSPS) is 49.8. The second kappa shape index (κ2) is 2.47. The van der Waals surface area contributed by atoms with Gasteiger partial charge in [0.2, 0.25) is 5.90 Å². The summed E-state index contributed by atoms with van der Waals surface area (Å²) >= 11 is 0. The highest BCUT2D eigenvalue weighted by Gasteiger charge is 2.68. The van der Waals surface area contributed by atoms with Gasteiger partial charge in [-0.1, -0.05) is 27.4 Å². The molecule has 2 fully saturated rings. The summed E-state index contributed by atoms with van der Waals surface area (Å²) in [5.41, 5.74) is 0.700. The van der Waals surface area contributed by atoms with Gasteiger partial charge in [0.25, 0.3) is 0 Å². The molecule has 2 nitrogen and oxygen atoms in total. The van der Waals surface area contributed by atoms with E-state index in [0.29, 0.717) is 28.9 Å². The van der Waals surface area contributed by atoms with Crippen LogP contribution in [0.2, 0.25) is 0 Å². The van der Waals surface area contributed by atoms with Gasteiger partial charge in [-0.3, -0.25) is 0 Å². The average molecular weight is 205 g/mol. The third-order valence-corrected chi connectivity index (χ3v) is 5.43. The monoisotopic (exact) mass is 205 g/mol. The van der Waals surface area contributed by atoms with E-state index in [1.165, 1.54) is 12.8 Å². The van der Waals surface area contributed by atoms with Crippen LogP contribution in [0, 0.1) is 16.7 Å². The molecule has 0 aromatic heterocycles. The molecule has 82 valence electrons. The highest BCUT2D eigenvalue weighted by molar-refractivity contribution is 5.89. The zero-order valence-electron chi connectivity index (χ0n) is 9.79. The Hall–Kier alpha value is -0.790. The molecule has 3 rings (SSSR count). The number of fused-ring (bicyclic) bond motifs is 5. The van der Waals surface area contributed by atoms with E-state index in [1.807, 2.05) is 0 Å². The van der Waals surface area contributed by atoms with E-state index < -0.39 is 0 Å². The quantitative estimate of drug-likeness (QED) is 0.645. The lowest BCUT2D eigenvalue weighted by Crippen LogP contribution is -2.36. The van der Waals surface area contributed by atoms with Gasteiger partial charge in [-0.2, -0.15) is 0 Å². The van der Waals surface area contributed by atoms with Crippen molar-refractivity contribution in [3.63, 3.8) is 0 Å². The molecule has 2 bridgehead atoms. The summed E-state index contributed by atoms with van der Waals surface area (Å²) in [6.07, 6.45) is 4.66.